The number of carbonyl (C=O) groups excluding carboxylic acids is 1. The summed E-state index contributed by atoms with van der Waals surface area (Å²) in [5, 5.41) is 2.95. The minimum atomic E-state index is 0.0268. The average molecular weight is 272 g/mol. The molecule has 1 fully saturated rings. The van der Waals surface area contributed by atoms with E-state index in [9.17, 15) is 4.79 Å². The maximum atomic E-state index is 11.7. The van der Waals surface area contributed by atoms with Gasteiger partial charge in [0.05, 0.1) is 19.3 Å². The minimum Gasteiger partial charge on any atom is -0.378 e. The Kier molecular flexibility index (Phi) is 8.79. The number of ether oxygens (including phenoxy) is 2. The number of hydrogen-bond donors (Lipinski definition) is 2. The lowest BCUT2D eigenvalue weighted by Crippen LogP contribution is -2.40. The molecule has 2 unspecified atom stereocenters. The van der Waals surface area contributed by atoms with Crippen LogP contribution >= 0.6 is 0 Å². The van der Waals surface area contributed by atoms with Crippen LogP contribution in [-0.2, 0) is 14.3 Å². The van der Waals surface area contributed by atoms with Crippen molar-refractivity contribution < 1.29 is 14.3 Å². The van der Waals surface area contributed by atoms with Crippen molar-refractivity contribution in [2.45, 2.75) is 57.6 Å². The highest BCUT2D eigenvalue weighted by atomic mass is 16.5. The first kappa shape index (κ1) is 16.4. The molecule has 0 spiro atoms. The predicted octanol–water partition coefficient (Wildman–Crippen LogP) is 1.21. The summed E-state index contributed by atoms with van der Waals surface area (Å²) in [6, 6.07) is 0.102. The summed E-state index contributed by atoms with van der Waals surface area (Å²) in [5.41, 5.74) is 5.64. The van der Waals surface area contributed by atoms with Crippen LogP contribution in [0.3, 0.4) is 0 Å². The molecule has 0 aromatic carbocycles. The second-order valence-electron chi connectivity index (χ2n) is 5.10. The number of unbranched alkanes of at least 4 members (excludes halogenated alkanes) is 1. The molecule has 19 heavy (non-hydrogen) atoms. The molecule has 1 aliphatic rings. The summed E-state index contributed by atoms with van der Waals surface area (Å²) < 4.78 is 10.9. The fraction of sp³-hybridized carbons (Fsp3) is 0.929. The summed E-state index contributed by atoms with van der Waals surface area (Å²) in [6.45, 7) is 4.53. The van der Waals surface area contributed by atoms with E-state index >= 15 is 0 Å². The van der Waals surface area contributed by atoms with Gasteiger partial charge in [-0.25, -0.2) is 0 Å². The zero-order chi connectivity index (χ0) is 13.9. The summed E-state index contributed by atoms with van der Waals surface area (Å²) >= 11 is 0. The molecule has 1 heterocycles. The van der Waals surface area contributed by atoms with Gasteiger partial charge in [0.25, 0.3) is 0 Å². The van der Waals surface area contributed by atoms with Crippen LogP contribution in [0.2, 0.25) is 0 Å². The summed E-state index contributed by atoms with van der Waals surface area (Å²) in [5.74, 6) is 0.0268. The highest BCUT2D eigenvalue weighted by molar-refractivity contribution is 5.76. The number of nitrogens with one attached hydrogen (secondary N) is 1. The molecule has 1 rings (SSSR count). The van der Waals surface area contributed by atoms with Gasteiger partial charge in [0, 0.05) is 25.6 Å². The number of nitrogens with two attached hydrogens (primary N) is 1. The third kappa shape index (κ3) is 7.50. The Morgan fingerprint density at radius 3 is 3.05 bits per heavy atom. The maximum absolute atomic E-state index is 11.7. The van der Waals surface area contributed by atoms with E-state index in [-0.39, 0.29) is 18.1 Å². The Balaban J connectivity index is 2.02. The van der Waals surface area contributed by atoms with Crippen molar-refractivity contribution in [1.29, 1.82) is 0 Å². The molecule has 2 atom stereocenters. The largest absolute Gasteiger partial charge is 0.378 e. The Morgan fingerprint density at radius 1 is 1.58 bits per heavy atom. The van der Waals surface area contributed by atoms with Gasteiger partial charge in [-0.2, -0.15) is 0 Å². The first-order valence-corrected chi connectivity index (χ1v) is 7.45. The first-order valence-electron chi connectivity index (χ1n) is 7.45. The van der Waals surface area contributed by atoms with Gasteiger partial charge in [-0.3, -0.25) is 4.79 Å². The topological polar surface area (TPSA) is 73.6 Å². The van der Waals surface area contributed by atoms with Crippen LogP contribution in [-0.4, -0.2) is 44.4 Å². The van der Waals surface area contributed by atoms with Gasteiger partial charge < -0.3 is 20.5 Å². The van der Waals surface area contributed by atoms with Crippen molar-refractivity contribution in [2.24, 2.45) is 5.73 Å². The van der Waals surface area contributed by atoms with Crippen molar-refractivity contribution in [3.05, 3.63) is 0 Å². The molecule has 112 valence electrons. The molecule has 0 aliphatic carbocycles. The minimum absolute atomic E-state index is 0.0268. The van der Waals surface area contributed by atoms with E-state index in [1.54, 1.807) is 0 Å². The van der Waals surface area contributed by atoms with Crippen LogP contribution in [0.25, 0.3) is 0 Å². The second kappa shape index (κ2) is 10.2. The fourth-order valence-corrected chi connectivity index (χ4v) is 2.15. The molecule has 0 radical (unpaired) electrons. The Hall–Kier alpha value is -0.650. The van der Waals surface area contributed by atoms with Gasteiger partial charge in [-0.1, -0.05) is 19.8 Å². The lowest BCUT2D eigenvalue weighted by molar-refractivity contribution is -0.123. The summed E-state index contributed by atoms with van der Waals surface area (Å²) in [4.78, 5) is 11.7. The highest BCUT2D eigenvalue weighted by Crippen LogP contribution is 2.11. The molecule has 1 aliphatic heterocycles. The molecule has 5 nitrogen and oxygen atoms in total. The van der Waals surface area contributed by atoms with Gasteiger partial charge in [0.1, 0.15) is 0 Å². The maximum Gasteiger partial charge on any atom is 0.222 e. The van der Waals surface area contributed by atoms with Crippen LogP contribution < -0.4 is 11.1 Å². The smallest absolute Gasteiger partial charge is 0.222 e. The van der Waals surface area contributed by atoms with Crippen LogP contribution in [0, 0.1) is 0 Å². The molecule has 1 amide bonds. The number of hydrogen-bond acceptors (Lipinski definition) is 4. The molecular formula is C14H28N2O3. The van der Waals surface area contributed by atoms with Crippen molar-refractivity contribution in [3.8, 4) is 0 Å². The normalized spacial score (nSPS) is 20.4. The van der Waals surface area contributed by atoms with E-state index in [4.69, 9.17) is 15.2 Å². The van der Waals surface area contributed by atoms with Gasteiger partial charge in [-0.05, 0) is 19.3 Å². The molecule has 1 saturated heterocycles. The molecule has 0 aromatic heterocycles. The van der Waals surface area contributed by atoms with Gasteiger partial charge >= 0.3 is 0 Å². The fourth-order valence-electron chi connectivity index (χ4n) is 2.15. The Labute approximate surface area is 116 Å². The van der Waals surface area contributed by atoms with Crippen LogP contribution in [0.15, 0.2) is 0 Å². The lowest BCUT2D eigenvalue weighted by atomic mass is 10.1. The molecule has 3 N–H and O–H groups in total. The molecule has 0 aromatic rings. The van der Waals surface area contributed by atoms with Crippen molar-refractivity contribution >= 4 is 5.91 Å². The third-order valence-electron chi connectivity index (χ3n) is 3.36. The van der Waals surface area contributed by atoms with Crippen LogP contribution in [0.5, 0.6) is 0 Å². The van der Waals surface area contributed by atoms with Crippen molar-refractivity contribution in [3.63, 3.8) is 0 Å². The number of amides is 1. The van der Waals surface area contributed by atoms with E-state index < -0.39 is 0 Å². The first-order chi connectivity index (χ1) is 9.26. The molecular weight excluding hydrogens is 244 g/mol. The Morgan fingerprint density at radius 2 is 2.42 bits per heavy atom. The standard InChI is InChI=1S/C14H28N2O3/c1-2-3-5-12(10-15)16-14(17)7-9-18-11-13-6-4-8-19-13/h12-13H,2-11,15H2,1H3,(H,16,17). The zero-order valence-electron chi connectivity index (χ0n) is 12.0. The quantitative estimate of drug-likeness (QED) is 0.586. The number of carbonyl (C=O) groups is 1. The molecule has 0 bridgehead atoms. The SMILES string of the molecule is CCCCC(CN)NC(=O)CCOCC1CCCO1. The summed E-state index contributed by atoms with van der Waals surface area (Å²) in [6.07, 6.45) is 5.98. The predicted molar refractivity (Wildman–Crippen MR) is 74.9 cm³/mol. The lowest BCUT2D eigenvalue weighted by Gasteiger charge is -2.16. The number of rotatable bonds is 10. The van der Waals surface area contributed by atoms with Gasteiger partial charge in [-0.15, -0.1) is 0 Å². The molecule has 5 heteroatoms. The van der Waals surface area contributed by atoms with E-state index in [1.807, 2.05) is 0 Å². The van der Waals surface area contributed by atoms with E-state index in [2.05, 4.69) is 12.2 Å². The average Bonchev–Trinajstić information content (AvgIpc) is 2.92. The second-order valence-corrected chi connectivity index (χ2v) is 5.10. The van der Waals surface area contributed by atoms with E-state index in [0.717, 1.165) is 38.7 Å². The Bertz CT molecular complexity index is 243. The molecule has 0 saturated carbocycles. The van der Waals surface area contributed by atoms with Crippen molar-refractivity contribution in [1.82, 2.24) is 5.32 Å². The highest BCUT2D eigenvalue weighted by Gasteiger charge is 2.15. The van der Waals surface area contributed by atoms with Gasteiger partial charge in [0.15, 0.2) is 0 Å². The van der Waals surface area contributed by atoms with Crippen LogP contribution in [0.4, 0.5) is 0 Å². The zero-order valence-corrected chi connectivity index (χ0v) is 12.0. The third-order valence-corrected chi connectivity index (χ3v) is 3.36. The van der Waals surface area contributed by atoms with E-state index in [1.165, 1.54) is 0 Å². The van der Waals surface area contributed by atoms with Gasteiger partial charge in [0.2, 0.25) is 5.91 Å². The van der Waals surface area contributed by atoms with Crippen LogP contribution in [0.1, 0.15) is 45.4 Å². The summed E-state index contributed by atoms with van der Waals surface area (Å²) in [7, 11) is 0. The van der Waals surface area contributed by atoms with Crippen molar-refractivity contribution in [2.75, 3.05) is 26.4 Å². The monoisotopic (exact) mass is 272 g/mol. The van der Waals surface area contributed by atoms with E-state index in [0.29, 0.717) is 26.2 Å².